The summed E-state index contributed by atoms with van der Waals surface area (Å²) in [6.45, 7) is 2.75. The van der Waals surface area contributed by atoms with Gasteiger partial charge in [-0.1, -0.05) is 15.9 Å². The Morgan fingerprint density at radius 1 is 1.57 bits per heavy atom. The van der Waals surface area contributed by atoms with Crippen molar-refractivity contribution in [3.8, 4) is 5.75 Å². The molecule has 1 heterocycles. The monoisotopic (exact) mass is 255 g/mol. The number of hydrogen-bond donors (Lipinski definition) is 0. The molecule has 1 aromatic carbocycles. The molecule has 0 saturated heterocycles. The zero-order valence-corrected chi connectivity index (χ0v) is 9.37. The van der Waals surface area contributed by atoms with Crippen molar-refractivity contribution in [1.29, 1.82) is 0 Å². The molecule has 0 fully saturated rings. The van der Waals surface area contributed by atoms with Crippen molar-refractivity contribution in [2.24, 2.45) is 0 Å². The van der Waals surface area contributed by atoms with E-state index in [9.17, 15) is 4.79 Å². The fraction of sp³-hybridized carbons (Fsp3) is 0.300. The normalized spacial score (nSPS) is 14.6. The van der Waals surface area contributed by atoms with E-state index >= 15 is 0 Å². The molecular formula is C10H10BrNO2. The molecule has 3 nitrogen and oxygen atoms in total. The SMILES string of the molecule is CC(=O)N1CCOc2ccc(Br)cc21. The minimum Gasteiger partial charge on any atom is -0.490 e. The van der Waals surface area contributed by atoms with E-state index in [0.717, 1.165) is 15.9 Å². The highest BCUT2D eigenvalue weighted by atomic mass is 79.9. The van der Waals surface area contributed by atoms with Gasteiger partial charge in [-0.2, -0.15) is 0 Å². The number of ether oxygens (including phenoxy) is 1. The zero-order valence-electron chi connectivity index (χ0n) is 7.79. The number of hydrogen-bond acceptors (Lipinski definition) is 2. The number of anilines is 1. The van der Waals surface area contributed by atoms with Crippen LogP contribution in [-0.4, -0.2) is 19.1 Å². The third-order valence-corrected chi connectivity index (χ3v) is 2.66. The van der Waals surface area contributed by atoms with Crippen LogP contribution in [0, 0.1) is 0 Å². The summed E-state index contributed by atoms with van der Waals surface area (Å²) in [6.07, 6.45) is 0. The van der Waals surface area contributed by atoms with Crippen LogP contribution in [0.2, 0.25) is 0 Å². The Kier molecular flexibility index (Phi) is 2.46. The largest absolute Gasteiger partial charge is 0.490 e. The lowest BCUT2D eigenvalue weighted by atomic mass is 10.2. The third-order valence-electron chi connectivity index (χ3n) is 2.16. The summed E-state index contributed by atoms with van der Waals surface area (Å²) in [7, 11) is 0. The highest BCUT2D eigenvalue weighted by Crippen LogP contribution is 2.33. The predicted molar refractivity (Wildman–Crippen MR) is 57.7 cm³/mol. The molecule has 2 rings (SSSR count). The van der Waals surface area contributed by atoms with Gasteiger partial charge in [0.1, 0.15) is 12.4 Å². The van der Waals surface area contributed by atoms with Crippen molar-refractivity contribution in [2.75, 3.05) is 18.1 Å². The van der Waals surface area contributed by atoms with Crippen molar-refractivity contribution in [3.63, 3.8) is 0 Å². The summed E-state index contributed by atoms with van der Waals surface area (Å²) in [5, 5.41) is 0. The van der Waals surface area contributed by atoms with E-state index < -0.39 is 0 Å². The fourth-order valence-corrected chi connectivity index (χ4v) is 1.87. The Labute approximate surface area is 90.8 Å². The van der Waals surface area contributed by atoms with Crippen molar-refractivity contribution in [1.82, 2.24) is 0 Å². The molecule has 0 aromatic heterocycles. The van der Waals surface area contributed by atoms with E-state index in [4.69, 9.17) is 4.74 Å². The first kappa shape index (κ1) is 9.52. The molecule has 0 atom stereocenters. The first-order valence-corrected chi connectivity index (χ1v) is 5.18. The number of amides is 1. The lowest BCUT2D eigenvalue weighted by molar-refractivity contribution is -0.116. The molecular weight excluding hydrogens is 246 g/mol. The zero-order chi connectivity index (χ0) is 10.1. The molecule has 1 aliphatic rings. The van der Waals surface area contributed by atoms with Gasteiger partial charge in [-0.15, -0.1) is 0 Å². The summed E-state index contributed by atoms with van der Waals surface area (Å²) in [6, 6.07) is 5.67. The van der Waals surface area contributed by atoms with Crippen LogP contribution in [0.15, 0.2) is 22.7 Å². The van der Waals surface area contributed by atoms with Gasteiger partial charge in [0.15, 0.2) is 0 Å². The van der Waals surface area contributed by atoms with E-state index in [-0.39, 0.29) is 5.91 Å². The number of fused-ring (bicyclic) bond motifs is 1. The van der Waals surface area contributed by atoms with E-state index in [1.165, 1.54) is 0 Å². The maximum absolute atomic E-state index is 11.3. The molecule has 4 heteroatoms. The third kappa shape index (κ3) is 1.62. The van der Waals surface area contributed by atoms with Crippen LogP contribution < -0.4 is 9.64 Å². The standard InChI is InChI=1S/C10H10BrNO2/c1-7(13)12-4-5-14-10-3-2-8(11)6-9(10)12/h2-3,6H,4-5H2,1H3. The molecule has 0 bridgehead atoms. The van der Waals surface area contributed by atoms with Gasteiger partial charge in [-0.05, 0) is 18.2 Å². The second kappa shape index (κ2) is 3.61. The summed E-state index contributed by atoms with van der Waals surface area (Å²) >= 11 is 3.37. The predicted octanol–water partition coefficient (Wildman–Crippen LogP) is 2.19. The Morgan fingerprint density at radius 3 is 3.07 bits per heavy atom. The van der Waals surface area contributed by atoms with Gasteiger partial charge in [-0.25, -0.2) is 0 Å². The van der Waals surface area contributed by atoms with Crippen LogP contribution in [-0.2, 0) is 4.79 Å². The molecule has 74 valence electrons. The Bertz CT molecular complexity index is 378. The number of halogens is 1. The van der Waals surface area contributed by atoms with Gasteiger partial charge < -0.3 is 9.64 Å². The first-order chi connectivity index (χ1) is 6.68. The van der Waals surface area contributed by atoms with E-state index in [1.54, 1.807) is 11.8 Å². The van der Waals surface area contributed by atoms with Gasteiger partial charge >= 0.3 is 0 Å². The smallest absolute Gasteiger partial charge is 0.224 e. The number of carbonyl (C=O) groups is 1. The Morgan fingerprint density at radius 2 is 2.36 bits per heavy atom. The summed E-state index contributed by atoms with van der Waals surface area (Å²) < 4.78 is 6.40. The summed E-state index contributed by atoms with van der Waals surface area (Å²) in [5.74, 6) is 0.822. The van der Waals surface area contributed by atoms with Crippen molar-refractivity contribution in [2.45, 2.75) is 6.92 Å². The molecule has 0 spiro atoms. The quantitative estimate of drug-likeness (QED) is 0.712. The molecule has 0 saturated carbocycles. The molecule has 1 aliphatic heterocycles. The minimum absolute atomic E-state index is 0.0488. The molecule has 0 N–H and O–H groups in total. The summed E-state index contributed by atoms with van der Waals surface area (Å²) in [5.41, 5.74) is 0.845. The molecule has 14 heavy (non-hydrogen) atoms. The number of benzene rings is 1. The molecule has 1 amide bonds. The topological polar surface area (TPSA) is 29.5 Å². The highest BCUT2D eigenvalue weighted by molar-refractivity contribution is 9.10. The lowest BCUT2D eigenvalue weighted by Crippen LogP contribution is -2.36. The highest BCUT2D eigenvalue weighted by Gasteiger charge is 2.20. The van der Waals surface area contributed by atoms with Crippen LogP contribution in [0.1, 0.15) is 6.92 Å². The van der Waals surface area contributed by atoms with Crippen LogP contribution in [0.4, 0.5) is 5.69 Å². The number of rotatable bonds is 0. The second-order valence-electron chi connectivity index (χ2n) is 3.13. The van der Waals surface area contributed by atoms with Crippen molar-refractivity contribution in [3.05, 3.63) is 22.7 Å². The van der Waals surface area contributed by atoms with E-state index in [0.29, 0.717) is 13.2 Å². The van der Waals surface area contributed by atoms with Crippen LogP contribution >= 0.6 is 15.9 Å². The summed E-state index contributed by atoms with van der Waals surface area (Å²) in [4.78, 5) is 13.1. The Hall–Kier alpha value is -1.03. The molecule has 0 radical (unpaired) electrons. The maximum Gasteiger partial charge on any atom is 0.224 e. The van der Waals surface area contributed by atoms with Crippen LogP contribution in [0.5, 0.6) is 5.75 Å². The Balaban J connectivity index is 2.46. The molecule has 0 unspecified atom stereocenters. The van der Waals surface area contributed by atoms with E-state index in [1.807, 2.05) is 18.2 Å². The van der Waals surface area contributed by atoms with Gasteiger partial charge in [-0.3, -0.25) is 4.79 Å². The van der Waals surface area contributed by atoms with Crippen LogP contribution in [0.3, 0.4) is 0 Å². The first-order valence-electron chi connectivity index (χ1n) is 4.39. The minimum atomic E-state index is 0.0488. The lowest BCUT2D eigenvalue weighted by Gasteiger charge is -2.28. The fourth-order valence-electron chi connectivity index (χ4n) is 1.52. The van der Waals surface area contributed by atoms with Gasteiger partial charge in [0.25, 0.3) is 0 Å². The van der Waals surface area contributed by atoms with Crippen molar-refractivity contribution < 1.29 is 9.53 Å². The average molecular weight is 256 g/mol. The maximum atomic E-state index is 11.3. The van der Waals surface area contributed by atoms with Gasteiger partial charge in [0.2, 0.25) is 5.91 Å². The molecule has 0 aliphatic carbocycles. The molecule has 1 aromatic rings. The average Bonchev–Trinajstić information content (AvgIpc) is 2.16. The second-order valence-corrected chi connectivity index (χ2v) is 4.05. The van der Waals surface area contributed by atoms with E-state index in [2.05, 4.69) is 15.9 Å². The number of nitrogens with zero attached hydrogens (tertiary/aromatic N) is 1. The van der Waals surface area contributed by atoms with Crippen LogP contribution in [0.25, 0.3) is 0 Å². The van der Waals surface area contributed by atoms with Gasteiger partial charge in [0.05, 0.1) is 12.2 Å². The number of carbonyl (C=O) groups excluding carboxylic acids is 1. The van der Waals surface area contributed by atoms with Gasteiger partial charge in [0, 0.05) is 11.4 Å². The van der Waals surface area contributed by atoms with Crippen molar-refractivity contribution >= 4 is 27.5 Å².